The van der Waals surface area contributed by atoms with Crippen LogP contribution in [0.1, 0.15) is 19.0 Å². The van der Waals surface area contributed by atoms with E-state index in [1.165, 1.54) is 12.1 Å². The second kappa shape index (κ2) is 11.2. The monoisotopic (exact) mass is 552 g/mol. The third kappa shape index (κ3) is 5.78. The number of aromatic amines is 1. The zero-order chi connectivity index (χ0) is 28.2. The third-order valence-corrected chi connectivity index (χ3v) is 6.49. The van der Waals surface area contributed by atoms with Crippen LogP contribution in [0.4, 0.5) is 21.7 Å². The lowest BCUT2D eigenvalue weighted by molar-refractivity contribution is -0.229. The highest BCUT2D eigenvalue weighted by molar-refractivity contribution is 5.95. The van der Waals surface area contributed by atoms with E-state index in [1.54, 1.807) is 80.4 Å². The Morgan fingerprint density at radius 2 is 1.73 bits per heavy atom. The summed E-state index contributed by atoms with van der Waals surface area (Å²) >= 11 is 0. The third-order valence-electron chi connectivity index (χ3n) is 6.49. The SMILES string of the molecule is CC1(C(=O)Nc2cccnc2)COC(c2nc(-c3ccc(F)cc3)c(-c3ccnc(Nc4ccncc4)n3)[nH]2)OC1. The normalized spacial score (nSPS) is 18.5. The summed E-state index contributed by atoms with van der Waals surface area (Å²) in [6.45, 7) is 1.96. The van der Waals surface area contributed by atoms with Crippen molar-refractivity contribution in [1.82, 2.24) is 29.9 Å². The number of nitrogens with one attached hydrogen (secondary N) is 3. The molecule has 5 heterocycles. The number of aromatic nitrogens is 6. The molecule has 1 fully saturated rings. The Labute approximate surface area is 234 Å². The predicted molar refractivity (Wildman–Crippen MR) is 148 cm³/mol. The van der Waals surface area contributed by atoms with Gasteiger partial charge in [-0.3, -0.25) is 14.8 Å². The van der Waals surface area contributed by atoms with E-state index in [-0.39, 0.29) is 24.9 Å². The molecule has 0 saturated carbocycles. The Balaban J connectivity index is 1.26. The number of ether oxygens (including phenoxy) is 2. The zero-order valence-corrected chi connectivity index (χ0v) is 21.9. The molecule has 1 saturated heterocycles. The quantitative estimate of drug-likeness (QED) is 0.257. The molecule has 0 atom stereocenters. The van der Waals surface area contributed by atoms with Crippen molar-refractivity contribution in [2.45, 2.75) is 13.2 Å². The molecule has 5 aromatic rings. The Bertz CT molecular complexity index is 1640. The van der Waals surface area contributed by atoms with Crippen LogP contribution < -0.4 is 10.6 Å². The van der Waals surface area contributed by atoms with E-state index in [2.05, 4.69) is 35.6 Å². The van der Waals surface area contributed by atoms with Crippen LogP contribution in [0.2, 0.25) is 0 Å². The average molecular weight is 553 g/mol. The van der Waals surface area contributed by atoms with Crippen LogP contribution in [0.3, 0.4) is 0 Å². The van der Waals surface area contributed by atoms with Gasteiger partial charge in [-0.25, -0.2) is 19.3 Å². The molecule has 12 heteroatoms. The van der Waals surface area contributed by atoms with Crippen molar-refractivity contribution in [3.05, 3.63) is 97.2 Å². The van der Waals surface area contributed by atoms with E-state index in [0.29, 0.717) is 40.1 Å². The van der Waals surface area contributed by atoms with E-state index < -0.39 is 11.7 Å². The van der Waals surface area contributed by atoms with Crippen LogP contribution in [0.5, 0.6) is 0 Å². The van der Waals surface area contributed by atoms with Crippen LogP contribution in [-0.4, -0.2) is 49.0 Å². The predicted octanol–water partition coefficient (Wildman–Crippen LogP) is 4.90. The number of halogens is 1. The Morgan fingerprint density at radius 3 is 2.46 bits per heavy atom. The molecule has 1 aliphatic rings. The van der Waals surface area contributed by atoms with Gasteiger partial charge in [0.2, 0.25) is 18.1 Å². The summed E-state index contributed by atoms with van der Waals surface area (Å²) in [5.41, 5.74) is 2.75. The van der Waals surface area contributed by atoms with E-state index in [4.69, 9.17) is 14.5 Å². The first-order valence-corrected chi connectivity index (χ1v) is 12.8. The van der Waals surface area contributed by atoms with E-state index in [9.17, 15) is 9.18 Å². The molecule has 1 aromatic carbocycles. The fourth-order valence-electron chi connectivity index (χ4n) is 4.24. The number of nitrogens with zero attached hydrogens (tertiary/aromatic N) is 5. The van der Waals surface area contributed by atoms with Gasteiger partial charge in [0, 0.05) is 36.0 Å². The second-order valence-electron chi connectivity index (χ2n) is 9.69. The maximum absolute atomic E-state index is 13.7. The van der Waals surface area contributed by atoms with Crippen molar-refractivity contribution in [1.29, 1.82) is 0 Å². The maximum Gasteiger partial charge on any atom is 0.235 e. The smallest absolute Gasteiger partial charge is 0.235 e. The number of benzene rings is 1. The van der Waals surface area contributed by atoms with Gasteiger partial charge in [-0.05, 0) is 61.5 Å². The van der Waals surface area contributed by atoms with Gasteiger partial charge in [0.15, 0.2) is 5.82 Å². The molecule has 1 amide bonds. The molecule has 11 nitrogen and oxygen atoms in total. The lowest BCUT2D eigenvalue weighted by Gasteiger charge is -2.35. The summed E-state index contributed by atoms with van der Waals surface area (Å²) in [7, 11) is 0. The number of hydrogen-bond donors (Lipinski definition) is 3. The van der Waals surface area contributed by atoms with E-state index in [1.807, 2.05) is 0 Å². The van der Waals surface area contributed by atoms with Crippen molar-refractivity contribution in [2.75, 3.05) is 23.8 Å². The van der Waals surface area contributed by atoms with Crippen LogP contribution >= 0.6 is 0 Å². The van der Waals surface area contributed by atoms with Crippen LogP contribution in [-0.2, 0) is 14.3 Å². The molecule has 206 valence electrons. The summed E-state index contributed by atoms with van der Waals surface area (Å²) in [6.07, 6.45) is 7.29. The number of rotatable bonds is 7. The summed E-state index contributed by atoms with van der Waals surface area (Å²) in [5, 5.41) is 6.00. The number of carbonyl (C=O) groups excluding carboxylic acids is 1. The molecule has 0 spiro atoms. The lowest BCUT2D eigenvalue weighted by Crippen LogP contribution is -2.45. The zero-order valence-electron chi connectivity index (χ0n) is 21.9. The fourth-order valence-corrected chi connectivity index (χ4v) is 4.24. The first-order chi connectivity index (χ1) is 20.0. The van der Waals surface area contributed by atoms with Crippen molar-refractivity contribution in [2.24, 2.45) is 5.41 Å². The first kappa shape index (κ1) is 26.2. The first-order valence-electron chi connectivity index (χ1n) is 12.8. The van der Waals surface area contributed by atoms with Gasteiger partial charge in [0.1, 0.15) is 5.82 Å². The number of H-pyrrole nitrogens is 1. The van der Waals surface area contributed by atoms with Crippen LogP contribution in [0, 0.1) is 11.2 Å². The minimum Gasteiger partial charge on any atom is -0.345 e. The number of amides is 1. The molecule has 6 rings (SSSR count). The number of hydrogen-bond acceptors (Lipinski definition) is 9. The Hall–Kier alpha value is -5.07. The lowest BCUT2D eigenvalue weighted by atomic mass is 9.91. The molecule has 1 aliphatic heterocycles. The average Bonchev–Trinajstić information content (AvgIpc) is 3.45. The molecule has 0 aliphatic carbocycles. The van der Waals surface area contributed by atoms with Gasteiger partial charge in [-0.1, -0.05) is 0 Å². The summed E-state index contributed by atoms with van der Waals surface area (Å²) < 4.78 is 25.7. The Morgan fingerprint density at radius 1 is 0.951 bits per heavy atom. The highest BCUT2D eigenvalue weighted by Crippen LogP contribution is 2.36. The molecular formula is C29H25FN8O3. The fraction of sp³-hybridized carbons (Fsp3) is 0.172. The van der Waals surface area contributed by atoms with Gasteiger partial charge in [0.05, 0.1) is 47.6 Å². The molecule has 41 heavy (non-hydrogen) atoms. The number of carbonyl (C=O) groups is 1. The van der Waals surface area contributed by atoms with Gasteiger partial charge in [-0.15, -0.1) is 0 Å². The molecule has 4 aromatic heterocycles. The van der Waals surface area contributed by atoms with Gasteiger partial charge in [-0.2, -0.15) is 0 Å². The van der Waals surface area contributed by atoms with Crippen molar-refractivity contribution in [3.63, 3.8) is 0 Å². The minimum atomic E-state index is -0.929. The maximum atomic E-state index is 13.7. The van der Waals surface area contributed by atoms with Crippen LogP contribution in [0.15, 0.2) is 85.6 Å². The highest BCUT2D eigenvalue weighted by Gasteiger charge is 2.41. The number of anilines is 3. The van der Waals surface area contributed by atoms with Gasteiger partial charge >= 0.3 is 0 Å². The van der Waals surface area contributed by atoms with Gasteiger partial charge < -0.3 is 25.1 Å². The summed E-state index contributed by atoms with van der Waals surface area (Å²) in [5.74, 6) is 0.151. The number of pyridine rings is 2. The van der Waals surface area contributed by atoms with Crippen LogP contribution in [0.25, 0.3) is 22.6 Å². The molecule has 0 unspecified atom stereocenters. The van der Waals surface area contributed by atoms with Crippen molar-refractivity contribution >= 4 is 23.2 Å². The summed E-state index contributed by atoms with van der Waals surface area (Å²) in [6, 6.07) is 14.8. The van der Waals surface area contributed by atoms with Gasteiger partial charge in [0.25, 0.3) is 0 Å². The molecule has 0 bridgehead atoms. The molecule has 3 N–H and O–H groups in total. The highest BCUT2D eigenvalue weighted by atomic mass is 19.1. The summed E-state index contributed by atoms with van der Waals surface area (Å²) in [4.78, 5) is 38.0. The van der Waals surface area contributed by atoms with E-state index >= 15 is 0 Å². The topological polar surface area (TPSA) is 140 Å². The standard InChI is InChI=1S/C29H25FN8O3/c1-29(27(39)34-21-3-2-11-32-15-21)16-40-26(41-17-29)25-37-23(18-4-6-19(30)7-5-18)24(38-25)22-10-14-33-28(36-22)35-20-8-12-31-13-9-20/h2-15,26H,16-17H2,1H3,(H,34,39)(H,37,38)(H,31,33,35,36). The van der Waals surface area contributed by atoms with Crippen molar-refractivity contribution in [3.8, 4) is 22.6 Å². The molecule has 0 radical (unpaired) electrons. The van der Waals surface area contributed by atoms with E-state index in [0.717, 1.165) is 5.69 Å². The van der Waals surface area contributed by atoms with Crippen molar-refractivity contribution < 1.29 is 18.7 Å². The Kier molecular flexibility index (Phi) is 7.15. The largest absolute Gasteiger partial charge is 0.345 e. The minimum absolute atomic E-state index is 0.0964. The second-order valence-corrected chi connectivity index (χ2v) is 9.69. The number of imidazole rings is 1. The molecular weight excluding hydrogens is 527 g/mol.